The summed E-state index contributed by atoms with van der Waals surface area (Å²) in [6.45, 7) is 1.38. The molecule has 110 valence electrons. The quantitative estimate of drug-likeness (QED) is 0.857. The molecule has 1 aliphatic rings. The van der Waals surface area contributed by atoms with Crippen LogP contribution in [-0.4, -0.2) is 32.6 Å². The van der Waals surface area contributed by atoms with E-state index in [9.17, 15) is 4.79 Å². The van der Waals surface area contributed by atoms with Crippen LogP contribution in [-0.2, 0) is 19.5 Å². The third-order valence-corrected chi connectivity index (χ3v) is 4.38. The number of nitrogens with zero attached hydrogens (tertiary/aromatic N) is 4. The molecule has 2 heterocycles. The number of amides is 1. The largest absolute Gasteiger partial charge is 0.398 e. The zero-order valence-electron chi connectivity index (χ0n) is 11.7. The highest BCUT2D eigenvalue weighted by molar-refractivity contribution is 9.10. The molecule has 7 heteroatoms. The topological polar surface area (TPSA) is 77.0 Å². The van der Waals surface area contributed by atoms with Crippen LogP contribution < -0.4 is 5.73 Å². The molecule has 21 heavy (non-hydrogen) atoms. The average Bonchev–Trinajstić information content (AvgIpc) is 3.06. The van der Waals surface area contributed by atoms with Gasteiger partial charge in [0.15, 0.2) is 5.82 Å². The van der Waals surface area contributed by atoms with Crippen LogP contribution in [0.5, 0.6) is 0 Å². The van der Waals surface area contributed by atoms with Gasteiger partial charge in [-0.3, -0.25) is 4.79 Å². The summed E-state index contributed by atoms with van der Waals surface area (Å²) in [4.78, 5) is 14.1. The molecule has 0 saturated carbocycles. The van der Waals surface area contributed by atoms with E-state index >= 15 is 0 Å². The molecule has 0 radical (unpaired) electrons. The van der Waals surface area contributed by atoms with E-state index in [4.69, 9.17) is 5.73 Å². The Kier molecular flexibility index (Phi) is 3.67. The number of rotatable bonds is 3. The summed E-state index contributed by atoms with van der Waals surface area (Å²) in [5, 5.41) is 8.33. The molecule has 0 aliphatic carbocycles. The van der Waals surface area contributed by atoms with Gasteiger partial charge in [-0.25, -0.2) is 0 Å². The summed E-state index contributed by atoms with van der Waals surface area (Å²) in [5.41, 5.74) is 6.95. The summed E-state index contributed by atoms with van der Waals surface area (Å²) >= 11 is 3.33. The molecule has 0 unspecified atom stereocenters. The predicted octanol–water partition coefficient (Wildman–Crippen LogP) is 1.84. The number of benzene rings is 1. The molecule has 1 aromatic carbocycles. The van der Waals surface area contributed by atoms with Crippen LogP contribution in [0.1, 0.15) is 28.4 Å². The van der Waals surface area contributed by atoms with E-state index in [0.29, 0.717) is 17.8 Å². The number of aryl methyl sites for hydroxylation is 1. The minimum absolute atomic E-state index is 0.0791. The van der Waals surface area contributed by atoms with Gasteiger partial charge in [0.2, 0.25) is 0 Å². The van der Waals surface area contributed by atoms with Gasteiger partial charge in [0.1, 0.15) is 5.82 Å². The molecular formula is C14H16BrN5O. The van der Waals surface area contributed by atoms with Crippen LogP contribution >= 0.6 is 15.9 Å². The van der Waals surface area contributed by atoms with Crippen molar-refractivity contribution in [1.82, 2.24) is 19.7 Å². The van der Waals surface area contributed by atoms with Crippen LogP contribution in [0.2, 0.25) is 0 Å². The van der Waals surface area contributed by atoms with Crippen LogP contribution in [0, 0.1) is 0 Å². The van der Waals surface area contributed by atoms with E-state index in [1.165, 1.54) is 0 Å². The maximum atomic E-state index is 12.4. The Hall–Kier alpha value is -1.89. The minimum Gasteiger partial charge on any atom is -0.398 e. The van der Waals surface area contributed by atoms with Gasteiger partial charge in [-0.2, -0.15) is 0 Å². The Bertz CT molecular complexity index is 697. The van der Waals surface area contributed by atoms with Crippen molar-refractivity contribution >= 4 is 27.5 Å². The number of fused-ring (bicyclic) bond motifs is 1. The molecule has 1 aliphatic heterocycles. The van der Waals surface area contributed by atoms with E-state index in [1.807, 2.05) is 0 Å². The highest BCUT2D eigenvalue weighted by Gasteiger charge is 2.20. The number of hydrogen-bond acceptors (Lipinski definition) is 4. The molecule has 2 N–H and O–H groups in total. The Morgan fingerprint density at radius 1 is 1.48 bits per heavy atom. The first-order valence-electron chi connectivity index (χ1n) is 6.77. The van der Waals surface area contributed by atoms with E-state index in [0.717, 1.165) is 35.5 Å². The number of hydrogen-bond donors (Lipinski definition) is 1. The maximum absolute atomic E-state index is 12.4. The van der Waals surface area contributed by atoms with E-state index in [2.05, 4.69) is 30.7 Å². The maximum Gasteiger partial charge on any atom is 0.254 e. The van der Waals surface area contributed by atoms with Gasteiger partial charge in [-0.15, -0.1) is 10.2 Å². The fourth-order valence-electron chi connectivity index (χ4n) is 2.51. The molecule has 0 saturated heterocycles. The van der Waals surface area contributed by atoms with Gasteiger partial charge < -0.3 is 15.2 Å². The van der Waals surface area contributed by atoms with Crippen molar-refractivity contribution in [3.8, 4) is 0 Å². The zero-order chi connectivity index (χ0) is 15.0. The van der Waals surface area contributed by atoms with E-state index in [1.54, 1.807) is 30.1 Å². The number of carbonyl (C=O) groups is 1. The van der Waals surface area contributed by atoms with E-state index < -0.39 is 0 Å². The summed E-state index contributed by atoms with van der Waals surface area (Å²) in [6.07, 6.45) is 2.06. The van der Waals surface area contributed by atoms with Crippen molar-refractivity contribution in [2.24, 2.45) is 0 Å². The lowest BCUT2D eigenvalue weighted by Gasteiger charge is -2.17. The average molecular weight is 350 g/mol. The lowest BCUT2D eigenvalue weighted by molar-refractivity contribution is 0.0780. The number of nitrogens with two attached hydrogens (primary N) is 1. The Balaban J connectivity index is 1.76. The highest BCUT2D eigenvalue weighted by atomic mass is 79.9. The third kappa shape index (κ3) is 2.65. The molecule has 0 spiro atoms. The fraction of sp³-hybridized carbons (Fsp3) is 0.357. The van der Waals surface area contributed by atoms with Crippen molar-refractivity contribution in [1.29, 1.82) is 0 Å². The molecule has 0 atom stereocenters. The summed E-state index contributed by atoms with van der Waals surface area (Å²) in [6, 6.07) is 5.22. The van der Waals surface area contributed by atoms with Crippen LogP contribution in [0.4, 0.5) is 5.69 Å². The number of aromatic nitrogens is 3. The van der Waals surface area contributed by atoms with Crippen molar-refractivity contribution in [3.63, 3.8) is 0 Å². The monoisotopic (exact) mass is 349 g/mol. The van der Waals surface area contributed by atoms with Crippen LogP contribution in [0.25, 0.3) is 0 Å². The lowest BCUT2D eigenvalue weighted by Crippen LogP contribution is -2.27. The molecule has 3 rings (SSSR count). The van der Waals surface area contributed by atoms with Gasteiger partial charge in [-0.1, -0.05) is 0 Å². The Labute approximate surface area is 131 Å². The predicted molar refractivity (Wildman–Crippen MR) is 82.7 cm³/mol. The number of nitrogen functional groups attached to an aromatic ring is 1. The highest BCUT2D eigenvalue weighted by Crippen LogP contribution is 2.21. The SMILES string of the molecule is CN(Cc1nnc2n1CCC2)C(=O)c1ccc(Br)c(N)c1. The van der Waals surface area contributed by atoms with Gasteiger partial charge in [-0.05, 0) is 40.5 Å². The van der Waals surface area contributed by atoms with Crippen molar-refractivity contribution in [2.75, 3.05) is 12.8 Å². The molecule has 0 bridgehead atoms. The molecule has 1 amide bonds. The van der Waals surface area contributed by atoms with Crippen molar-refractivity contribution in [2.45, 2.75) is 25.9 Å². The first-order valence-corrected chi connectivity index (χ1v) is 7.57. The molecule has 1 aromatic heterocycles. The second-order valence-electron chi connectivity index (χ2n) is 5.19. The summed E-state index contributed by atoms with van der Waals surface area (Å²) in [5.74, 6) is 1.77. The Morgan fingerprint density at radius 2 is 2.29 bits per heavy atom. The number of carbonyl (C=O) groups excluding carboxylic acids is 1. The minimum atomic E-state index is -0.0791. The Morgan fingerprint density at radius 3 is 3.05 bits per heavy atom. The van der Waals surface area contributed by atoms with Gasteiger partial charge in [0, 0.05) is 35.7 Å². The van der Waals surface area contributed by atoms with Gasteiger partial charge >= 0.3 is 0 Å². The smallest absolute Gasteiger partial charge is 0.254 e. The first kappa shape index (κ1) is 14.1. The fourth-order valence-corrected chi connectivity index (χ4v) is 2.76. The normalized spacial score (nSPS) is 13.2. The van der Waals surface area contributed by atoms with E-state index in [-0.39, 0.29) is 5.91 Å². The van der Waals surface area contributed by atoms with Crippen LogP contribution in [0.15, 0.2) is 22.7 Å². The van der Waals surface area contributed by atoms with Crippen molar-refractivity contribution in [3.05, 3.63) is 39.9 Å². The molecular weight excluding hydrogens is 334 g/mol. The number of anilines is 1. The molecule has 0 fully saturated rings. The molecule has 2 aromatic rings. The second kappa shape index (κ2) is 5.48. The zero-order valence-corrected chi connectivity index (χ0v) is 13.3. The van der Waals surface area contributed by atoms with Gasteiger partial charge in [0.05, 0.1) is 6.54 Å². The van der Waals surface area contributed by atoms with Gasteiger partial charge in [0.25, 0.3) is 5.91 Å². The standard InChI is InChI=1S/C14H16BrN5O/c1-19(8-13-18-17-12-3-2-6-20(12)13)14(21)9-4-5-10(15)11(16)7-9/h4-5,7H,2-3,6,8,16H2,1H3. The van der Waals surface area contributed by atoms with Crippen molar-refractivity contribution < 1.29 is 4.79 Å². The third-order valence-electron chi connectivity index (χ3n) is 3.65. The second-order valence-corrected chi connectivity index (χ2v) is 6.04. The lowest BCUT2D eigenvalue weighted by atomic mass is 10.2. The number of halogens is 1. The summed E-state index contributed by atoms with van der Waals surface area (Å²) in [7, 11) is 1.76. The molecule has 6 nitrogen and oxygen atoms in total. The summed E-state index contributed by atoms with van der Waals surface area (Å²) < 4.78 is 2.89. The van der Waals surface area contributed by atoms with Crippen LogP contribution in [0.3, 0.4) is 0 Å². The first-order chi connectivity index (χ1) is 10.1.